The minimum atomic E-state index is -3.08. The number of hydrogen-bond acceptors (Lipinski definition) is 2. The summed E-state index contributed by atoms with van der Waals surface area (Å²) in [7, 11) is -6.13. The highest BCUT2D eigenvalue weighted by atomic mass is 28.3. The molecule has 14 aromatic rings. The van der Waals surface area contributed by atoms with Crippen molar-refractivity contribution in [1.82, 2.24) is 4.57 Å². The molecule has 0 N–H and O–H groups in total. The van der Waals surface area contributed by atoms with Crippen LogP contribution in [0.2, 0.25) is 0 Å². The van der Waals surface area contributed by atoms with Crippen LogP contribution >= 0.6 is 0 Å². The molecule has 94 heavy (non-hydrogen) atoms. The Morgan fingerprint density at radius 1 is 0.277 bits per heavy atom. The first kappa shape index (κ1) is 58.8. The maximum Gasteiger partial charge on any atom is 0.252 e. The number of nitrogens with zero attached hydrogens (tertiary/aromatic N) is 3. The second-order valence-corrected chi connectivity index (χ2v) is 35.8. The van der Waals surface area contributed by atoms with Crippen LogP contribution in [-0.2, 0) is 10.8 Å². The van der Waals surface area contributed by atoms with Crippen molar-refractivity contribution in [2.24, 2.45) is 0 Å². The van der Waals surface area contributed by atoms with E-state index in [1.165, 1.54) is 119 Å². The molecule has 13 aromatic carbocycles. The largest absolute Gasteiger partial charge is 0.311 e. The van der Waals surface area contributed by atoms with Gasteiger partial charge < -0.3 is 14.4 Å². The van der Waals surface area contributed by atoms with E-state index in [-0.39, 0.29) is 17.5 Å². The third kappa shape index (κ3) is 9.43. The van der Waals surface area contributed by atoms with Crippen LogP contribution in [0.4, 0.5) is 34.1 Å². The van der Waals surface area contributed by atoms with Gasteiger partial charge >= 0.3 is 0 Å². The van der Waals surface area contributed by atoms with Gasteiger partial charge in [0.1, 0.15) is 0 Å². The number of rotatable bonds is 11. The topological polar surface area (TPSA) is 11.4 Å². The molecule has 2 aliphatic rings. The van der Waals surface area contributed by atoms with Gasteiger partial charge in [0.2, 0.25) is 0 Å². The van der Waals surface area contributed by atoms with Crippen molar-refractivity contribution in [2.75, 3.05) is 9.80 Å². The third-order valence-electron chi connectivity index (χ3n) is 20.4. The van der Waals surface area contributed by atoms with E-state index in [9.17, 15) is 0 Å². The van der Waals surface area contributed by atoms with Crippen LogP contribution in [0.15, 0.2) is 315 Å². The molecule has 0 aliphatic carbocycles. The van der Waals surface area contributed by atoms with E-state index in [2.05, 4.69) is 385 Å². The highest BCUT2D eigenvalue weighted by Crippen LogP contribution is 2.48. The molecule has 6 heteroatoms. The summed E-state index contributed by atoms with van der Waals surface area (Å²) in [5.41, 5.74) is 19.2. The van der Waals surface area contributed by atoms with Crippen LogP contribution in [0, 0.1) is 13.8 Å². The van der Waals surface area contributed by atoms with Gasteiger partial charge in [-0.05, 0) is 166 Å². The minimum absolute atomic E-state index is 0.105. The molecule has 0 bridgehead atoms. The number of aryl methyl sites for hydroxylation is 2. The Kier molecular flexibility index (Phi) is 14.3. The SMILES string of the molecule is Cc1ccc2c(c1)c1cc(C)ccc1n2-c1cc2c3c(c1)N(c1cccc(C(C)(C)C)c1)c1cc(C(C)(C)C)ccc1B3c1cc([Si](c3ccccc3)(c3ccccc3)c3ccccc3)ccc1N2c1cccc([Si](c2ccccc2)(c2ccccc2)c2ccccc2)c1. The van der Waals surface area contributed by atoms with Gasteiger partial charge in [-0.2, -0.15) is 0 Å². The molecule has 3 heterocycles. The molecule has 0 atom stereocenters. The van der Waals surface area contributed by atoms with E-state index in [1.54, 1.807) is 0 Å². The highest BCUT2D eigenvalue weighted by Gasteiger charge is 2.48. The summed E-state index contributed by atoms with van der Waals surface area (Å²) in [4.78, 5) is 5.33. The lowest BCUT2D eigenvalue weighted by Crippen LogP contribution is -2.75. The zero-order valence-electron chi connectivity index (χ0n) is 54.9. The molecule has 0 spiro atoms. The number of benzene rings is 13. The predicted octanol–water partition coefficient (Wildman–Crippen LogP) is 14.8. The Hall–Kier alpha value is -10.2. The van der Waals surface area contributed by atoms with Gasteiger partial charge in [-0.15, -0.1) is 0 Å². The van der Waals surface area contributed by atoms with E-state index < -0.39 is 16.1 Å². The molecule has 0 radical (unpaired) electrons. The van der Waals surface area contributed by atoms with Crippen molar-refractivity contribution in [3.63, 3.8) is 0 Å². The van der Waals surface area contributed by atoms with Crippen LogP contribution in [0.1, 0.15) is 63.8 Å². The van der Waals surface area contributed by atoms with Gasteiger partial charge in [0.25, 0.3) is 6.71 Å². The molecule has 0 fully saturated rings. The first-order valence-corrected chi connectivity index (χ1v) is 37.3. The fourth-order valence-corrected chi connectivity index (χ4v) is 25.6. The minimum Gasteiger partial charge on any atom is -0.311 e. The summed E-state index contributed by atoms with van der Waals surface area (Å²) >= 11 is 0. The second-order valence-electron chi connectivity index (χ2n) is 28.2. The zero-order chi connectivity index (χ0) is 64.1. The van der Waals surface area contributed by atoms with Crippen molar-refractivity contribution in [1.29, 1.82) is 0 Å². The molecule has 0 unspecified atom stereocenters. The van der Waals surface area contributed by atoms with Crippen LogP contribution in [0.25, 0.3) is 27.5 Å². The van der Waals surface area contributed by atoms with Crippen LogP contribution in [0.5, 0.6) is 0 Å². The highest BCUT2D eigenvalue weighted by molar-refractivity contribution is 7.20. The fourth-order valence-electron chi connectivity index (χ4n) is 16.0. The zero-order valence-corrected chi connectivity index (χ0v) is 56.9. The molecular formula is C88H76BN3Si2. The van der Waals surface area contributed by atoms with Gasteiger partial charge in [-0.1, -0.05) is 295 Å². The smallest absolute Gasteiger partial charge is 0.252 e. The van der Waals surface area contributed by atoms with Crippen molar-refractivity contribution >= 4 is 137 Å². The molecule has 1 aromatic heterocycles. The summed E-state index contributed by atoms with van der Waals surface area (Å²) in [6.07, 6.45) is 0. The average Bonchev–Trinajstić information content (AvgIpc) is 0.803. The van der Waals surface area contributed by atoms with Gasteiger partial charge in [-0.3, -0.25) is 0 Å². The number of fused-ring (bicyclic) bond motifs is 7. The van der Waals surface area contributed by atoms with Gasteiger partial charge in [-0.25, -0.2) is 0 Å². The standard InChI is InChI=1S/C88H76BN3Si2/c1-61-45-50-80-76(53-61)77-54-62(2)46-51-81(77)92(80)67-58-84-86-85(59-67)91(65-30-27-29-63(55-65)87(3,4)5)83-56-64(88(6,7)8)47-49-78(83)89(86)79-60-75(94(71-38-21-12-22-39-71,72-40-23-13-24-41-72)73-42-25-14-26-43-73)48-52-82(79)90(84)66-31-28-44-74(57-66)93(68-32-15-9-16-33-68,69-34-17-10-18-35-69)70-36-19-11-20-37-70/h9-60H,1-8H3. The Labute approximate surface area is 557 Å². The molecule has 0 amide bonds. The maximum absolute atomic E-state index is 3.08. The van der Waals surface area contributed by atoms with Crippen molar-refractivity contribution in [3.05, 3.63) is 338 Å². The average molecular weight is 1240 g/mol. The predicted molar refractivity (Wildman–Crippen MR) is 409 cm³/mol. The third-order valence-corrected chi connectivity index (χ3v) is 30.0. The van der Waals surface area contributed by atoms with Crippen molar-refractivity contribution in [2.45, 2.75) is 66.2 Å². The van der Waals surface area contributed by atoms with Crippen LogP contribution < -0.4 is 67.7 Å². The summed E-state index contributed by atoms with van der Waals surface area (Å²) in [6, 6.07) is 122. The Balaban J connectivity index is 1.08. The van der Waals surface area contributed by atoms with E-state index in [0.717, 1.165) is 22.7 Å². The molecular weight excluding hydrogens is 1170 g/mol. The van der Waals surface area contributed by atoms with Crippen molar-refractivity contribution in [3.8, 4) is 5.69 Å². The van der Waals surface area contributed by atoms with E-state index in [4.69, 9.17) is 0 Å². The van der Waals surface area contributed by atoms with Gasteiger partial charge in [0.15, 0.2) is 16.1 Å². The molecule has 3 nitrogen and oxygen atoms in total. The monoisotopic (exact) mass is 1240 g/mol. The van der Waals surface area contributed by atoms with Crippen molar-refractivity contribution < 1.29 is 0 Å². The Bertz CT molecular complexity index is 4940. The first-order chi connectivity index (χ1) is 45.7. The molecule has 2 aliphatic heterocycles. The Morgan fingerprint density at radius 3 is 1.12 bits per heavy atom. The second kappa shape index (κ2) is 22.8. The Morgan fingerprint density at radius 2 is 0.670 bits per heavy atom. The maximum atomic E-state index is 2.68. The molecule has 0 saturated heterocycles. The molecule has 454 valence electrons. The van der Waals surface area contributed by atoms with Crippen LogP contribution in [0.3, 0.4) is 0 Å². The first-order valence-electron chi connectivity index (χ1n) is 33.3. The fraction of sp³-hybridized carbons (Fsp3) is 0.114. The lowest BCUT2D eigenvalue weighted by atomic mass is 9.33. The molecule has 0 saturated carbocycles. The van der Waals surface area contributed by atoms with Gasteiger partial charge in [0, 0.05) is 44.9 Å². The van der Waals surface area contributed by atoms with E-state index >= 15 is 0 Å². The normalized spacial score (nSPS) is 13.0. The van der Waals surface area contributed by atoms with E-state index in [1.807, 2.05) is 0 Å². The number of aromatic nitrogens is 1. The summed E-state index contributed by atoms with van der Waals surface area (Å²) in [5.74, 6) is 0. The summed E-state index contributed by atoms with van der Waals surface area (Å²) < 4.78 is 2.56. The number of anilines is 6. The van der Waals surface area contributed by atoms with Crippen LogP contribution in [-0.4, -0.2) is 27.4 Å². The van der Waals surface area contributed by atoms with E-state index in [0.29, 0.717) is 0 Å². The summed E-state index contributed by atoms with van der Waals surface area (Å²) in [5, 5.41) is 13.2. The molecule has 16 rings (SSSR count). The summed E-state index contributed by atoms with van der Waals surface area (Å²) in [6.45, 7) is 18.4. The quantitative estimate of drug-likeness (QED) is 0.0945. The lowest BCUT2D eigenvalue weighted by Gasteiger charge is -2.46. The number of hydrogen-bond donors (Lipinski definition) is 0. The lowest BCUT2D eigenvalue weighted by molar-refractivity contribution is 0.590. The van der Waals surface area contributed by atoms with Gasteiger partial charge in [0.05, 0.1) is 16.7 Å².